The van der Waals surface area contributed by atoms with Crippen LogP contribution in [0.25, 0.3) is 0 Å². The van der Waals surface area contributed by atoms with Crippen LogP contribution in [0.15, 0.2) is 30.6 Å². The lowest BCUT2D eigenvalue weighted by Gasteiger charge is -2.56. The van der Waals surface area contributed by atoms with Gasteiger partial charge in [0, 0.05) is 18.6 Å². The Hall–Kier alpha value is -0.370. The topological polar surface area (TPSA) is 3.88 Å². The molecule has 0 amide bonds. The van der Waals surface area contributed by atoms with Gasteiger partial charge < -0.3 is 17.0 Å². The van der Waals surface area contributed by atoms with Crippen LogP contribution in [0.3, 0.4) is 0 Å². The highest BCUT2D eigenvalue weighted by Gasteiger charge is 2.50. The van der Waals surface area contributed by atoms with Gasteiger partial charge in [0.1, 0.15) is 6.54 Å². The van der Waals surface area contributed by atoms with Crippen LogP contribution in [0.4, 0.5) is 0 Å². The van der Waals surface area contributed by atoms with Crippen LogP contribution >= 0.6 is 0 Å². The molecule has 19 heavy (non-hydrogen) atoms. The third-order valence-corrected chi connectivity index (χ3v) is 5.84. The minimum atomic E-state index is 0. The maximum absolute atomic E-state index is 2.37. The Balaban J connectivity index is 0.00000110. The van der Waals surface area contributed by atoms with Gasteiger partial charge in [0.05, 0.1) is 0 Å². The van der Waals surface area contributed by atoms with Crippen molar-refractivity contribution in [3.8, 4) is 0 Å². The highest BCUT2D eigenvalue weighted by molar-refractivity contribution is 5.00. The van der Waals surface area contributed by atoms with Crippen molar-refractivity contribution in [2.24, 2.45) is 23.2 Å². The van der Waals surface area contributed by atoms with Crippen LogP contribution < -0.4 is 21.5 Å². The van der Waals surface area contributed by atoms with Gasteiger partial charge >= 0.3 is 0 Å². The van der Waals surface area contributed by atoms with Gasteiger partial charge in [0.2, 0.25) is 0 Å². The van der Waals surface area contributed by atoms with Crippen molar-refractivity contribution in [3.63, 3.8) is 0 Å². The van der Waals surface area contributed by atoms with Crippen LogP contribution in [0.5, 0.6) is 0 Å². The summed E-state index contributed by atoms with van der Waals surface area (Å²) < 4.78 is 2.37. The molecule has 1 heterocycles. The number of halogens is 1. The standard InChI is InChI=1S/C17H24N.BrH/c1-2-5-18(6-3-1)7-4-17-11-14-8-15(12-17)10-16(9-14)13-17;/h1-3,5-6,14-16H,4,7-13H2;1H/q+1;/p-1. The fourth-order valence-electron chi connectivity index (χ4n) is 5.55. The summed E-state index contributed by atoms with van der Waals surface area (Å²) in [5.74, 6) is 3.28. The normalized spacial score (nSPS) is 39.1. The second-order valence-corrected chi connectivity index (χ2v) is 7.28. The van der Waals surface area contributed by atoms with Gasteiger partial charge in [-0.1, -0.05) is 6.07 Å². The number of nitrogens with zero attached hydrogens (tertiary/aromatic N) is 1. The minimum Gasteiger partial charge on any atom is -1.00 e. The highest BCUT2D eigenvalue weighted by atomic mass is 79.9. The van der Waals surface area contributed by atoms with Crippen molar-refractivity contribution in [2.45, 2.75) is 51.5 Å². The van der Waals surface area contributed by atoms with E-state index in [1.54, 1.807) is 38.5 Å². The lowest BCUT2D eigenvalue weighted by Crippen LogP contribution is -3.00. The third kappa shape index (κ3) is 2.61. The number of aromatic nitrogens is 1. The first-order chi connectivity index (χ1) is 8.81. The van der Waals surface area contributed by atoms with Crippen molar-refractivity contribution >= 4 is 0 Å². The van der Waals surface area contributed by atoms with Gasteiger partial charge in [-0.25, -0.2) is 4.57 Å². The molecule has 2 heteroatoms. The maximum atomic E-state index is 2.37. The van der Waals surface area contributed by atoms with Gasteiger partial charge in [-0.15, -0.1) is 0 Å². The molecule has 0 unspecified atom stereocenters. The Morgan fingerprint density at radius 2 is 1.37 bits per heavy atom. The molecule has 4 aliphatic rings. The monoisotopic (exact) mass is 321 g/mol. The lowest BCUT2D eigenvalue weighted by atomic mass is 9.49. The summed E-state index contributed by atoms with van der Waals surface area (Å²) in [5.41, 5.74) is 0.734. The first-order valence-corrected chi connectivity index (χ1v) is 7.75. The first kappa shape index (κ1) is 13.6. The van der Waals surface area contributed by atoms with E-state index in [-0.39, 0.29) is 17.0 Å². The molecular weight excluding hydrogens is 298 g/mol. The molecule has 0 spiro atoms. The van der Waals surface area contributed by atoms with Crippen molar-refractivity contribution in [1.82, 2.24) is 0 Å². The molecule has 0 aromatic carbocycles. The van der Waals surface area contributed by atoms with Crippen molar-refractivity contribution in [3.05, 3.63) is 30.6 Å². The maximum Gasteiger partial charge on any atom is 0.168 e. The molecular formula is C17H24BrN. The molecule has 4 aliphatic carbocycles. The molecule has 0 saturated heterocycles. The Bertz CT molecular complexity index is 393. The molecule has 1 aromatic heterocycles. The van der Waals surface area contributed by atoms with E-state index in [1.807, 2.05) is 0 Å². The summed E-state index contributed by atoms with van der Waals surface area (Å²) in [5, 5.41) is 0. The summed E-state index contributed by atoms with van der Waals surface area (Å²) in [6.45, 7) is 1.23. The average Bonchev–Trinajstić information content (AvgIpc) is 2.36. The second-order valence-electron chi connectivity index (χ2n) is 7.28. The minimum absolute atomic E-state index is 0. The van der Waals surface area contributed by atoms with E-state index in [2.05, 4.69) is 35.2 Å². The number of rotatable bonds is 3. The smallest absolute Gasteiger partial charge is 0.168 e. The highest BCUT2D eigenvalue weighted by Crippen LogP contribution is 2.61. The van der Waals surface area contributed by atoms with Crippen molar-refractivity contribution in [2.75, 3.05) is 0 Å². The van der Waals surface area contributed by atoms with Gasteiger partial charge in [0.25, 0.3) is 0 Å². The van der Waals surface area contributed by atoms with Crippen molar-refractivity contribution in [1.29, 1.82) is 0 Å². The summed E-state index contributed by atoms with van der Waals surface area (Å²) >= 11 is 0. The molecule has 1 aromatic rings. The van der Waals surface area contributed by atoms with E-state index in [4.69, 9.17) is 0 Å². The Morgan fingerprint density at radius 1 is 0.842 bits per heavy atom. The zero-order chi connectivity index (χ0) is 12.0. The molecule has 4 saturated carbocycles. The predicted octanol–water partition coefficient (Wildman–Crippen LogP) is 0.585. The number of aryl methyl sites for hydroxylation is 1. The molecule has 104 valence electrons. The molecule has 4 fully saturated rings. The molecule has 4 bridgehead atoms. The van der Waals surface area contributed by atoms with Gasteiger partial charge in [0.15, 0.2) is 12.4 Å². The molecule has 0 aliphatic heterocycles. The van der Waals surface area contributed by atoms with E-state index in [9.17, 15) is 0 Å². The Kier molecular flexibility index (Phi) is 3.72. The SMILES string of the molecule is [Br-].c1cc[n+](CCC23CC4CC(CC(C4)C2)C3)cc1. The predicted molar refractivity (Wildman–Crippen MR) is 71.9 cm³/mol. The number of hydrogen-bond donors (Lipinski definition) is 0. The van der Waals surface area contributed by atoms with E-state index >= 15 is 0 Å². The lowest BCUT2D eigenvalue weighted by molar-refractivity contribution is -0.699. The quantitative estimate of drug-likeness (QED) is 0.717. The van der Waals surface area contributed by atoms with Crippen LogP contribution in [-0.4, -0.2) is 0 Å². The average molecular weight is 322 g/mol. The molecule has 0 radical (unpaired) electrons. The van der Waals surface area contributed by atoms with Crippen molar-refractivity contribution < 1.29 is 21.5 Å². The van der Waals surface area contributed by atoms with E-state index in [1.165, 1.54) is 13.0 Å². The van der Waals surface area contributed by atoms with E-state index < -0.39 is 0 Å². The molecule has 1 nitrogen and oxygen atoms in total. The van der Waals surface area contributed by atoms with Crippen LogP contribution in [0.1, 0.15) is 44.9 Å². The van der Waals surface area contributed by atoms with Crippen LogP contribution in [0, 0.1) is 23.2 Å². The summed E-state index contributed by atoms with van der Waals surface area (Å²) in [7, 11) is 0. The largest absolute Gasteiger partial charge is 1.00 e. The number of hydrogen-bond acceptors (Lipinski definition) is 0. The third-order valence-electron chi connectivity index (χ3n) is 5.84. The molecule has 0 N–H and O–H groups in total. The zero-order valence-corrected chi connectivity index (χ0v) is 13.2. The second kappa shape index (κ2) is 5.20. The Labute approximate surface area is 127 Å². The zero-order valence-electron chi connectivity index (χ0n) is 11.6. The van der Waals surface area contributed by atoms with Crippen LogP contribution in [-0.2, 0) is 6.54 Å². The van der Waals surface area contributed by atoms with Gasteiger partial charge in [-0.05, 0) is 61.7 Å². The Morgan fingerprint density at radius 3 is 1.89 bits per heavy atom. The summed E-state index contributed by atoms with van der Waals surface area (Å²) in [4.78, 5) is 0. The molecule has 5 rings (SSSR count). The molecule has 0 atom stereocenters. The number of pyridine rings is 1. The fraction of sp³-hybridized carbons (Fsp3) is 0.706. The van der Waals surface area contributed by atoms with Crippen LogP contribution in [0.2, 0.25) is 0 Å². The summed E-state index contributed by atoms with van der Waals surface area (Å²) in [6.07, 6.45) is 15.2. The van der Waals surface area contributed by atoms with Gasteiger partial charge in [-0.2, -0.15) is 0 Å². The first-order valence-electron chi connectivity index (χ1n) is 7.75. The van der Waals surface area contributed by atoms with E-state index in [0.29, 0.717) is 0 Å². The van der Waals surface area contributed by atoms with E-state index in [0.717, 1.165) is 23.2 Å². The summed E-state index contributed by atoms with van der Waals surface area (Å²) in [6, 6.07) is 6.42. The fourth-order valence-corrected chi connectivity index (χ4v) is 5.55. The van der Waals surface area contributed by atoms with Gasteiger partial charge in [-0.3, -0.25) is 0 Å².